The van der Waals surface area contributed by atoms with E-state index >= 15 is 0 Å². The van der Waals surface area contributed by atoms with Gasteiger partial charge in [-0.1, -0.05) is 28.1 Å². The van der Waals surface area contributed by atoms with Crippen molar-refractivity contribution in [2.24, 2.45) is 0 Å². The van der Waals surface area contributed by atoms with Gasteiger partial charge in [0.2, 0.25) is 0 Å². The van der Waals surface area contributed by atoms with Crippen molar-refractivity contribution in [3.05, 3.63) is 50.9 Å². The van der Waals surface area contributed by atoms with Crippen LogP contribution in [0.2, 0.25) is 0 Å². The van der Waals surface area contributed by atoms with Gasteiger partial charge < -0.3 is 14.8 Å². The maximum Gasteiger partial charge on any atom is 0.166 e. The average Bonchev–Trinajstić information content (AvgIpc) is 2.48. The van der Waals surface area contributed by atoms with Gasteiger partial charge in [-0.05, 0) is 40.2 Å². The predicted molar refractivity (Wildman–Crippen MR) is 86.6 cm³/mol. The van der Waals surface area contributed by atoms with E-state index in [4.69, 9.17) is 9.47 Å². The van der Waals surface area contributed by atoms with Gasteiger partial charge in [-0.25, -0.2) is 0 Å². The number of anilines is 1. The highest BCUT2D eigenvalue weighted by Crippen LogP contribution is 2.34. The first-order chi connectivity index (χ1) is 9.74. The summed E-state index contributed by atoms with van der Waals surface area (Å²) in [4.78, 5) is 0. The zero-order chi connectivity index (χ0) is 13.9. The molecule has 104 valence electrons. The van der Waals surface area contributed by atoms with E-state index in [2.05, 4.69) is 37.2 Å². The summed E-state index contributed by atoms with van der Waals surface area (Å²) in [6.45, 7) is 1.90. The second kappa shape index (κ2) is 6.06. The number of halogens is 2. The van der Waals surface area contributed by atoms with Gasteiger partial charge >= 0.3 is 0 Å². The molecule has 0 bridgehead atoms. The van der Waals surface area contributed by atoms with E-state index in [0.29, 0.717) is 19.8 Å². The third-order valence-corrected chi connectivity index (χ3v) is 4.23. The summed E-state index contributed by atoms with van der Waals surface area (Å²) >= 11 is 7.02. The van der Waals surface area contributed by atoms with E-state index in [1.807, 2.05) is 36.4 Å². The number of hydrogen-bond acceptors (Lipinski definition) is 3. The zero-order valence-electron chi connectivity index (χ0n) is 10.7. The number of fused-ring (bicyclic) bond motifs is 1. The lowest BCUT2D eigenvalue weighted by Gasteiger charge is -2.21. The van der Waals surface area contributed by atoms with Gasteiger partial charge in [0.25, 0.3) is 0 Å². The lowest BCUT2D eigenvalue weighted by Crippen LogP contribution is -2.17. The predicted octanol–water partition coefficient (Wildman–Crippen LogP) is 4.59. The van der Waals surface area contributed by atoms with Crippen LogP contribution in [-0.4, -0.2) is 13.2 Å². The molecule has 0 aliphatic carbocycles. The van der Waals surface area contributed by atoms with Crippen molar-refractivity contribution in [1.82, 2.24) is 0 Å². The minimum absolute atomic E-state index is 0.602. The summed E-state index contributed by atoms with van der Waals surface area (Å²) in [5, 5.41) is 3.41. The van der Waals surface area contributed by atoms with Crippen molar-refractivity contribution in [1.29, 1.82) is 0 Å². The first-order valence-electron chi connectivity index (χ1n) is 6.30. The Morgan fingerprint density at radius 2 is 1.90 bits per heavy atom. The molecule has 0 radical (unpaired) electrons. The Kier molecular flexibility index (Phi) is 4.17. The molecule has 20 heavy (non-hydrogen) atoms. The minimum atomic E-state index is 0.602. The second-order valence-corrected chi connectivity index (χ2v) is 6.19. The van der Waals surface area contributed by atoms with Crippen molar-refractivity contribution in [3.8, 4) is 11.5 Å². The number of benzene rings is 2. The van der Waals surface area contributed by atoms with Crippen molar-refractivity contribution >= 4 is 37.5 Å². The smallest absolute Gasteiger partial charge is 0.166 e. The van der Waals surface area contributed by atoms with E-state index in [9.17, 15) is 0 Å². The van der Waals surface area contributed by atoms with Gasteiger partial charge in [-0.3, -0.25) is 0 Å². The van der Waals surface area contributed by atoms with E-state index in [-0.39, 0.29) is 0 Å². The molecule has 0 atom stereocenters. The number of rotatable bonds is 3. The molecule has 1 aliphatic rings. The fourth-order valence-electron chi connectivity index (χ4n) is 2.10. The van der Waals surface area contributed by atoms with Crippen molar-refractivity contribution < 1.29 is 9.47 Å². The molecule has 0 spiro atoms. The topological polar surface area (TPSA) is 30.5 Å². The van der Waals surface area contributed by atoms with Gasteiger partial charge in [0.1, 0.15) is 13.2 Å². The fraction of sp³-hybridized carbons (Fsp3) is 0.200. The lowest BCUT2D eigenvalue weighted by molar-refractivity contribution is 0.170. The van der Waals surface area contributed by atoms with Crippen LogP contribution in [0.15, 0.2) is 45.3 Å². The standard InChI is InChI=1S/C15H13Br2NO2/c16-11-4-5-12(17)13(8-11)18-9-10-2-1-3-14-15(10)20-7-6-19-14/h1-5,8,18H,6-7,9H2. The van der Waals surface area contributed by atoms with Gasteiger partial charge in [-0.15, -0.1) is 0 Å². The van der Waals surface area contributed by atoms with Crippen LogP contribution < -0.4 is 14.8 Å². The van der Waals surface area contributed by atoms with Crippen LogP contribution in [0.1, 0.15) is 5.56 Å². The molecule has 0 saturated heterocycles. The molecular weight excluding hydrogens is 386 g/mol. The zero-order valence-corrected chi connectivity index (χ0v) is 13.8. The first-order valence-corrected chi connectivity index (χ1v) is 7.89. The molecule has 0 amide bonds. The third kappa shape index (κ3) is 2.94. The highest BCUT2D eigenvalue weighted by atomic mass is 79.9. The molecule has 1 heterocycles. The molecule has 1 N–H and O–H groups in total. The third-order valence-electron chi connectivity index (χ3n) is 3.05. The molecule has 3 nitrogen and oxygen atoms in total. The largest absolute Gasteiger partial charge is 0.486 e. The van der Waals surface area contributed by atoms with Gasteiger partial charge in [-0.2, -0.15) is 0 Å². The maximum atomic E-state index is 5.71. The maximum absolute atomic E-state index is 5.71. The molecule has 0 fully saturated rings. The lowest BCUT2D eigenvalue weighted by atomic mass is 10.1. The Bertz CT molecular complexity index is 631. The van der Waals surface area contributed by atoms with E-state index in [0.717, 1.165) is 31.7 Å². The van der Waals surface area contributed by atoms with Crippen LogP contribution in [0.4, 0.5) is 5.69 Å². The molecule has 2 aromatic rings. The average molecular weight is 399 g/mol. The SMILES string of the molecule is Brc1ccc(Br)c(NCc2cccc3c2OCCO3)c1. The number of ether oxygens (including phenoxy) is 2. The fourth-order valence-corrected chi connectivity index (χ4v) is 2.84. The van der Waals surface area contributed by atoms with Crippen molar-refractivity contribution in [2.45, 2.75) is 6.54 Å². The van der Waals surface area contributed by atoms with E-state index < -0.39 is 0 Å². The summed E-state index contributed by atoms with van der Waals surface area (Å²) in [6, 6.07) is 12.0. The Balaban J connectivity index is 1.80. The molecule has 5 heteroatoms. The molecule has 1 aliphatic heterocycles. The Labute approximate surface area is 134 Å². The van der Waals surface area contributed by atoms with Crippen LogP contribution >= 0.6 is 31.9 Å². The molecule has 0 aromatic heterocycles. The van der Waals surface area contributed by atoms with E-state index in [1.54, 1.807) is 0 Å². The van der Waals surface area contributed by atoms with Crippen LogP contribution in [0.3, 0.4) is 0 Å². The first kappa shape index (κ1) is 13.8. The second-order valence-electron chi connectivity index (χ2n) is 4.42. The van der Waals surface area contributed by atoms with Crippen LogP contribution in [0.5, 0.6) is 11.5 Å². The minimum Gasteiger partial charge on any atom is -0.486 e. The summed E-state index contributed by atoms with van der Waals surface area (Å²) in [5.74, 6) is 1.67. The highest BCUT2D eigenvalue weighted by Gasteiger charge is 2.15. The Morgan fingerprint density at radius 1 is 1.05 bits per heavy atom. The molecule has 3 rings (SSSR count). The van der Waals surface area contributed by atoms with Gasteiger partial charge in [0.05, 0.1) is 0 Å². The quantitative estimate of drug-likeness (QED) is 0.819. The Hall–Kier alpha value is -1.20. The Morgan fingerprint density at radius 3 is 2.80 bits per heavy atom. The molecular formula is C15H13Br2NO2. The summed E-state index contributed by atoms with van der Waals surface area (Å²) in [7, 11) is 0. The number of para-hydroxylation sites is 1. The van der Waals surface area contributed by atoms with E-state index in [1.165, 1.54) is 0 Å². The highest BCUT2D eigenvalue weighted by molar-refractivity contribution is 9.11. The van der Waals surface area contributed by atoms with Crippen molar-refractivity contribution in [2.75, 3.05) is 18.5 Å². The van der Waals surface area contributed by atoms with Gasteiger partial charge in [0.15, 0.2) is 11.5 Å². The monoisotopic (exact) mass is 397 g/mol. The summed E-state index contributed by atoms with van der Waals surface area (Å²) < 4.78 is 13.4. The molecule has 2 aromatic carbocycles. The van der Waals surface area contributed by atoms with Crippen molar-refractivity contribution in [3.63, 3.8) is 0 Å². The number of nitrogens with one attached hydrogen (secondary N) is 1. The van der Waals surface area contributed by atoms with Crippen LogP contribution in [-0.2, 0) is 6.54 Å². The summed E-state index contributed by atoms with van der Waals surface area (Å²) in [5.41, 5.74) is 2.13. The van der Waals surface area contributed by atoms with Crippen LogP contribution in [0.25, 0.3) is 0 Å². The molecule has 0 saturated carbocycles. The summed E-state index contributed by atoms with van der Waals surface area (Å²) in [6.07, 6.45) is 0. The number of hydrogen-bond donors (Lipinski definition) is 1. The normalized spacial score (nSPS) is 13.1. The van der Waals surface area contributed by atoms with Crippen LogP contribution in [0, 0.1) is 0 Å². The molecule has 0 unspecified atom stereocenters. The van der Waals surface area contributed by atoms with Gasteiger partial charge in [0, 0.05) is 26.7 Å².